The monoisotopic (exact) mass is 651 g/mol. The van der Waals surface area contributed by atoms with Crippen LogP contribution in [0.5, 0.6) is 5.88 Å². The van der Waals surface area contributed by atoms with E-state index in [1.54, 1.807) is 43.7 Å². The van der Waals surface area contributed by atoms with E-state index in [4.69, 9.17) is 13.3 Å². The van der Waals surface area contributed by atoms with Gasteiger partial charge in [0.25, 0.3) is 10.1 Å². The van der Waals surface area contributed by atoms with Crippen molar-refractivity contribution in [3.05, 3.63) is 71.1 Å². The maximum atomic E-state index is 12.9. The Kier molecular flexibility index (Phi) is 10.5. The minimum Gasteiger partial charge on any atom is -0.475 e. The molecule has 1 aromatic carbocycles. The van der Waals surface area contributed by atoms with Crippen LogP contribution in [0.1, 0.15) is 37.0 Å². The van der Waals surface area contributed by atoms with Gasteiger partial charge in [-0.05, 0) is 61.3 Å². The highest BCUT2D eigenvalue weighted by Gasteiger charge is 2.39. The van der Waals surface area contributed by atoms with Gasteiger partial charge in [-0.25, -0.2) is 19.9 Å². The van der Waals surface area contributed by atoms with E-state index < -0.39 is 24.5 Å². The zero-order valence-corrected chi connectivity index (χ0v) is 28.5. The van der Waals surface area contributed by atoms with Gasteiger partial charge in [0.1, 0.15) is 39.6 Å². The van der Waals surface area contributed by atoms with E-state index in [9.17, 15) is 8.42 Å². The van der Waals surface area contributed by atoms with Crippen LogP contribution in [-0.2, 0) is 18.7 Å². The van der Waals surface area contributed by atoms with Crippen molar-refractivity contribution < 1.29 is 21.8 Å². The van der Waals surface area contributed by atoms with Gasteiger partial charge in [-0.1, -0.05) is 55.7 Å². The molecule has 1 atom stereocenters. The number of thiazole rings is 1. The Morgan fingerprint density at radius 1 is 1.05 bits per heavy atom. The summed E-state index contributed by atoms with van der Waals surface area (Å²) in [6.07, 6.45) is 6.10. The first-order chi connectivity index (χ1) is 20.8. The molecule has 0 amide bonds. The summed E-state index contributed by atoms with van der Waals surface area (Å²) in [5.41, 5.74) is 2.25. The number of pyridine rings is 1. The number of ether oxygens (including phenoxy) is 1. The van der Waals surface area contributed by atoms with Gasteiger partial charge in [-0.15, -0.1) is 0 Å². The van der Waals surface area contributed by atoms with Crippen LogP contribution in [0.3, 0.4) is 0 Å². The summed E-state index contributed by atoms with van der Waals surface area (Å²) >= 11 is 1.40. The van der Waals surface area contributed by atoms with Gasteiger partial charge in [0.2, 0.25) is 5.88 Å². The van der Waals surface area contributed by atoms with Crippen LogP contribution >= 0.6 is 11.3 Å². The second-order valence-electron chi connectivity index (χ2n) is 11.5. The molecule has 3 heterocycles. The van der Waals surface area contributed by atoms with Crippen LogP contribution < -0.4 is 10.1 Å². The van der Waals surface area contributed by atoms with Gasteiger partial charge >= 0.3 is 0 Å². The molecule has 1 unspecified atom stereocenters. The third-order valence-corrected chi connectivity index (χ3v) is 13.8. The second-order valence-corrected chi connectivity index (χ2v) is 18.9. The number of hydrogen-bond donors (Lipinski definition) is 1. The van der Waals surface area contributed by atoms with E-state index in [0.29, 0.717) is 22.2 Å². The fraction of sp³-hybridized carbons (Fsp3) is 0.355. The molecule has 0 saturated carbocycles. The van der Waals surface area contributed by atoms with Crippen molar-refractivity contribution in [2.45, 2.75) is 56.8 Å². The normalized spacial score (nSPS) is 13.1. The largest absolute Gasteiger partial charge is 0.475 e. The van der Waals surface area contributed by atoms with E-state index in [0.717, 1.165) is 16.1 Å². The number of anilines is 1. The summed E-state index contributed by atoms with van der Waals surface area (Å²) in [6.45, 7) is 12.3. The molecule has 0 fully saturated rings. The van der Waals surface area contributed by atoms with Crippen molar-refractivity contribution in [2.24, 2.45) is 0 Å². The second kappa shape index (κ2) is 14.0. The van der Waals surface area contributed by atoms with Crippen molar-refractivity contribution in [3.8, 4) is 17.7 Å². The molecule has 10 nitrogen and oxygen atoms in total. The SMILES string of the molecule is CNc1cnc(C#CC=Cc2nc3ccc(OCC(COS(=O)(=O)c4ccc(C)cc4)O[Si](C)(C)C(C)(C)C)nc3s2)cn1. The Morgan fingerprint density at radius 2 is 1.80 bits per heavy atom. The molecule has 44 heavy (non-hydrogen) atoms. The van der Waals surface area contributed by atoms with Gasteiger partial charge < -0.3 is 14.5 Å². The number of allylic oxidation sites excluding steroid dienone is 1. The van der Waals surface area contributed by atoms with Crippen molar-refractivity contribution in [3.63, 3.8) is 0 Å². The van der Waals surface area contributed by atoms with Crippen LogP contribution in [0, 0.1) is 18.8 Å². The average molecular weight is 652 g/mol. The first-order valence-corrected chi connectivity index (χ1v) is 19.1. The Balaban J connectivity index is 1.44. The van der Waals surface area contributed by atoms with Gasteiger partial charge in [0.05, 0.1) is 23.9 Å². The van der Waals surface area contributed by atoms with Gasteiger partial charge in [-0.2, -0.15) is 8.42 Å². The molecule has 0 radical (unpaired) electrons. The summed E-state index contributed by atoms with van der Waals surface area (Å²) in [4.78, 5) is 18.4. The molecule has 0 aliphatic carbocycles. The number of aromatic nitrogens is 4. The molecule has 0 bridgehead atoms. The molecule has 232 valence electrons. The van der Waals surface area contributed by atoms with E-state index >= 15 is 0 Å². The van der Waals surface area contributed by atoms with Crippen LogP contribution in [-0.4, -0.2) is 63.0 Å². The van der Waals surface area contributed by atoms with Gasteiger partial charge in [0.15, 0.2) is 8.32 Å². The average Bonchev–Trinajstić information content (AvgIpc) is 3.39. The fourth-order valence-corrected chi connectivity index (χ4v) is 6.64. The smallest absolute Gasteiger partial charge is 0.297 e. The minimum absolute atomic E-state index is 0.0633. The van der Waals surface area contributed by atoms with Crippen LogP contribution in [0.2, 0.25) is 18.1 Å². The summed E-state index contributed by atoms with van der Waals surface area (Å²) in [5, 5.41) is 3.56. The van der Waals surface area contributed by atoms with Crippen molar-refractivity contribution in [2.75, 3.05) is 25.6 Å². The lowest BCUT2D eigenvalue weighted by atomic mass is 10.2. The van der Waals surface area contributed by atoms with E-state index in [1.807, 2.05) is 19.1 Å². The third kappa shape index (κ3) is 8.93. The number of fused-ring (bicyclic) bond motifs is 1. The van der Waals surface area contributed by atoms with Crippen molar-refractivity contribution >= 4 is 52.0 Å². The summed E-state index contributed by atoms with van der Waals surface area (Å²) in [5.74, 6) is 6.94. The molecular formula is C31H37N5O5S2Si. The maximum absolute atomic E-state index is 12.9. The highest BCUT2D eigenvalue weighted by Crippen LogP contribution is 2.37. The molecule has 0 aliphatic rings. The molecule has 0 spiro atoms. The Morgan fingerprint density at radius 3 is 2.45 bits per heavy atom. The first kappa shape index (κ1) is 33.2. The van der Waals surface area contributed by atoms with Gasteiger partial charge in [-0.3, -0.25) is 4.18 Å². The van der Waals surface area contributed by atoms with E-state index in [2.05, 4.69) is 71.0 Å². The highest BCUT2D eigenvalue weighted by molar-refractivity contribution is 7.86. The summed E-state index contributed by atoms with van der Waals surface area (Å²) in [6, 6.07) is 10.1. The van der Waals surface area contributed by atoms with E-state index in [1.165, 1.54) is 23.5 Å². The van der Waals surface area contributed by atoms with Crippen molar-refractivity contribution in [1.29, 1.82) is 0 Å². The Bertz CT molecular complexity index is 1770. The number of nitrogens with one attached hydrogen (secondary N) is 1. The number of benzene rings is 1. The van der Waals surface area contributed by atoms with Crippen LogP contribution in [0.15, 0.2) is 59.8 Å². The number of nitrogens with zero attached hydrogens (tertiary/aromatic N) is 4. The standard InChI is InChI=1S/C31H37N5O5S2Si/c1-22-12-14-25(15-13-22)43(37,38)40-21-24(41-44(6,7)31(2,3)4)20-39-28-17-16-26-30(36-28)42-29(35-26)11-9-8-10-23-18-34-27(32-5)19-33-23/h9,11-19,24H,20-21H2,1-7H3,(H,32,34). The highest BCUT2D eigenvalue weighted by atomic mass is 32.2. The quantitative estimate of drug-likeness (QED) is 0.116. The first-order valence-electron chi connectivity index (χ1n) is 14.0. The molecule has 4 rings (SSSR count). The maximum Gasteiger partial charge on any atom is 0.297 e. The Hall–Kier alpha value is -3.67. The van der Waals surface area contributed by atoms with Crippen LogP contribution in [0.25, 0.3) is 16.4 Å². The molecule has 0 saturated heterocycles. The molecule has 13 heteroatoms. The van der Waals surface area contributed by atoms with Gasteiger partial charge in [0, 0.05) is 13.1 Å². The zero-order valence-electron chi connectivity index (χ0n) is 25.9. The number of hydrogen-bond acceptors (Lipinski definition) is 11. The lowest BCUT2D eigenvalue weighted by Crippen LogP contribution is -2.47. The molecule has 0 aliphatic heterocycles. The molecule has 3 aromatic heterocycles. The Labute approximate surface area is 264 Å². The third-order valence-electron chi connectivity index (χ3n) is 7.07. The fourth-order valence-electron chi connectivity index (χ4n) is 3.55. The summed E-state index contributed by atoms with van der Waals surface area (Å²) in [7, 11) is -4.47. The number of aryl methyl sites for hydroxylation is 1. The predicted molar refractivity (Wildman–Crippen MR) is 177 cm³/mol. The lowest BCUT2D eigenvalue weighted by Gasteiger charge is -2.39. The molecular weight excluding hydrogens is 615 g/mol. The summed E-state index contributed by atoms with van der Waals surface area (Å²) < 4.78 is 43.8. The topological polar surface area (TPSA) is 125 Å². The minimum atomic E-state index is -3.97. The predicted octanol–water partition coefficient (Wildman–Crippen LogP) is 6.07. The zero-order chi connectivity index (χ0) is 32.0. The molecule has 4 aromatic rings. The number of rotatable bonds is 11. The van der Waals surface area contributed by atoms with Crippen molar-refractivity contribution in [1.82, 2.24) is 19.9 Å². The van der Waals surface area contributed by atoms with E-state index in [-0.39, 0.29) is 23.1 Å². The van der Waals surface area contributed by atoms with Crippen LogP contribution in [0.4, 0.5) is 5.82 Å². The lowest BCUT2D eigenvalue weighted by molar-refractivity contribution is 0.0711. The molecule has 1 N–H and O–H groups in total.